The SMILES string of the molecule is NC1Cc2cnc(C3CCS(=O)(=O)CC3)cc2C1. The number of nitrogens with zero attached hydrogens (tertiary/aromatic N) is 1. The van der Waals surface area contributed by atoms with Gasteiger partial charge in [-0.3, -0.25) is 4.98 Å². The molecule has 1 aromatic rings. The van der Waals surface area contributed by atoms with Gasteiger partial charge in [-0.2, -0.15) is 0 Å². The van der Waals surface area contributed by atoms with E-state index in [1.807, 2.05) is 6.20 Å². The zero-order chi connectivity index (χ0) is 12.8. The van der Waals surface area contributed by atoms with Crippen molar-refractivity contribution in [3.63, 3.8) is 0 Å². The lowest BCUT2D eigenvalue weighted by Gasteiger charge is -2.21. The first-order chi connectivity index (χ1) is 8.53. The van der Waals surface area contributed by atoms with Crippen LogP contribution in [0.15, 0.2) is 12.3 Å². The van der Waals surface area contributed by atoms with Crippen molar-refractivity contribution in [3.05, 3.63) is 29.1 Å². The zero-order valence-corrected chi connectivity index (χ0v) is 11.1. The molecule has 1 saturated heterocycles. The van der Waals surface area contributed by atoms with E-state index in [-0.39, 0.29) is 6.04 Å². The molecule has 2 aliphatic rings. The average molecular weight is 266 g/mol. The Balaban J connectivity index is 1.80. The summed E-state index contributed by atoms with van der Waals surface area (Å²) in [5.41, 5.74) is 9.56. The van der Waals surface area contributed by atoms with Crippen LogP contribution in [-0.2, 0) is 22.7 Å². The molecule has 98 valence electrons. The van der Waals surface area contributed by atoms with Crippen LogP contribution in [0, 0.1) is 0 Å². The van der Waals surface area contributed by atoms with E-state index in [1.54, 1.807) is 0 Å². The van der Waals surface area contributed by atoms with E-state index in [4.69, 9.17) is 5.73 Å². The van der Waals surface area contributed by atoms with Crippen molar-refractivity contribution in [2.75, 3.05) is 11.5 Å². The second-order valence-corrected chi connectivity index (χ2v) is 7.78. The molecule has 0 aromatic carbocycles. The van der Waals surface area contributed by atoms with Crippen LogP contribution in [0.5, 0.6) is 0 Å². The van der Waals surface area contributed by atoms with Gasteiger partial charge >= 0.3 is 0 Å². The maximum Gasteiger partial charge on any atom is 0.150 e. The number of nitrogens with two attached hydrogens (primary N) is 1. The molecule has 2 N–H and O–H groups in total. The first kappa shape index (κ1) is 12.1. The minimum Gasteiger partial charge on any atom is -0.327 e. The largest absolute Gasteiger partial charge is 0.327 e. The summed E-state index contributed by atoms with van der Waals surface area (Å²) in [7, 11) is -2.79. The van der Waals surface area contributed by atoms with Crippen molar-refractivity contribution in [3.8, 4) is 0 Å². The van der Waals surface area contributed by atoms with Crippen molar-refractivity contribution >= 4 is 9.84 Å². The molecule has 0 spiro atoms. The van der Waals surface area contributed by atoms with Gasteiger partial charge in [-0.25, -0.2) is 8.42 Å². The summed E-state index contributed by atoms with van der Waals surface area (Å²) in [5, 5.41) is 0. The first-order valence-electron chi connectivity index (χ1n) is 6.47. The van der Waals surface area contributed by atoms with E-state index >= 15 is 0 Å². The molecule has 0 saturated carbocycles. The van der Waals surface area contributed by atoms with Crippen LogP contribution in [0.2, 0.25) is 0 Å². The number of pyridine rings is 1. The molecule has 4 nitrogen and oxygen atoms in total. The molecule has 3 rings (SSSR count). The van der Waals surface area contributed by atoms with E-state index in [1.165, 1.54) is 11.1 Å². The maximum atomic E-state index is 11.4. The molecule has 1 atom stereocenters. The summed E-state index contributed by atoms with van der Waals surface area (Å²) < 4.78 is 22.8. The highest BCUT2D eigenvalue weighted by atomic mass is 32.2. The lowest BCUT2D eigenvalue weighted by molar-refractivity contribution is 0.544. The minimum absolute atomic E-state index is 0.226. The molecule has 1 aliphatic heterocycles. The van der Waals surface area contributed by atoms with Gasteiger partial charge in [0.05, 0.1) is 11.5 Å². The number of aromatic nitrogens is 1. The highest BCUT2D eigenvalue weighted by Crippen LogP contribution is 2.30. The summed E-state index contributed by atoms with van der Waals surface area (Å²) >= 11 is 0. The van der Waals surface area contributed by atoms with E-state index < -0.39 is 9.84 Å². The van der Waals surface area contributed by atoms with Crippen molar-refractivity contribution in [1.29, 1.82) is 0 Å². The highest BCUT2D eigenvalue weighted by Gasteiger charge is 2.27. The zero-order valence-electron chi connectivity index (χ0n) is 10.3. The predicted octanol–water partition coefficient (Wildman–Crippen LogP) is 0.800. The van der Waals surface area contributed by atoms with Crippen LogP contribution >= 0.6 is 0 Å². The van der Waals surface area contributed by atoms with Crippen LogP contribution in [0.3, 0.4) is 0 Å². The van der Waals surface area contributed by atoms with Crippen LogP contribution in [0.4, 0.5) is 0 Å². The lowest BCUT2D eigenvalue weighted by Crippen LogP contribution is -2.22. The molecular formula is C13H18N2O2S. The van der Waals surface area contributed by atoms with Crippen molar-refractivity contribution in [2.45, 2.75) is 37.6 Å². The Morgan fingerprint density at radius 3 is 2.56 bits per heavy atom. The maximum absolute atomic E-state index is 11.4. The van der Waals surface area contributed by atoms with Gasteiger partial charge in [0.2, 0.25) is 0 Å². The number of sulfone groups is 1. The summed E-state index contributed by atoms with van der Waals surface area (Å²) in [6, 6.07) is 2.37. The molecular weight excluding hydrogens is 248 g/mol. The second-order valence-electron chi connectivity index (χ2n) is 5.47. The summed E-state index contributed by atoms with van der Waals surface area (Å²) in [5.74, 6) is 0.905. The van der Waals surface area contributed by atoms with Crippen LogP contribution < -0.4 is 5.73 Å². The average Bonchev–Trinajstić information content (AvgIpc) is 2.68. The first-order valence-corrected chi connectivity index (χ1v) is 8.29. The van der Waals surface area contributed by atoms with Crippen molar-refractivity contribution in [1.82, 2.24) is 4.98 Å². The fourth-order valence-corrected chi connectivity index (χ4v) is 4.46. The molecule has 5 heteroatoms. The molecule has 1 fully saturated rings. The van der Waals surface area contributed by atoms with E-state index in [9.17, 15) is 8.42 Å². The Kier molecular flexibility index (Phi) is 2.90. The van der Waals surface area contributed by atoms with Gasteiger partial charge in [0.1, 0.15) is 9.84 Å². The molecule has 18 heavy (non-hydrogen) atoms. The minimum atomic E-state index is -2.79. The lowest BCUT2D eigenvalue weighted by atomic mass is 9.96. The molecule has 2 heterocycles. The summed E-state index contributed by atoms with van der Waals surface area (Å²) in [6.45, 7) is 0. The topological polar surface area (TPSA) is 73.0 Å². The molecule has 0 bridgehead atoms. The number of hydrogen-bond donors (Lipinski definition) is 1. The third kappa shape index (κ3) is 2.29. The Morgan fingerprint density at radius 1 is 1.17 bits per heavy atom. The summed E-state index contributed by atoms with van der Waals surface area (Å²) in [6.07, 6.45) is 5.19. The fraction of sp³-hybridized carbons (Fsp3) is 0.615. The van der Waals surface area contributed by atoms with E-state index in [0.29, 0.717) is 30.3 Å². The van der Waals surface area contributed by atoms with Gasteiger partial charge in [-0.15, -0.1) is 0 Å². The van der Waals surface area contributed by atoms with Crippen LogP contribution in [0.25, 0.3) is 0 Å². The summed E-state index contributed by atoms with van der Waals surface area (Å²) in [4.78, 5) is 4.51. The van der Waals surface area contributed by atoms with Gasteiger partial charge in [0, 0.05) is 23.9 Å². The van der Waals surface area contributed by atoms with Crippen molar-refractivity contribution < 1.29 is 8.42 Å². The smallest absolute Gasteiger partial charge is 0.150 e. The van der Waals surface area contributed by atoms with Gasteiger partial charge < -0.3 is 5.73 Å². The normalized spacial score (nSPS) is 27.1. The van der Waals surface area contributed by atoms with Gasteiger partial charge in [0.25, 0.3) is 0 Å². The Labute approximate surface area is 108 Å². The quantitative estimate of drug-likeness (QED) is 0.816. The third-order valence-corrected chi connectivity index (χ3v) is 5.76. The third-order valence-electron chi connectivity index (χ3n) is 4.04. The molecule has 1 aliphatic carbocycles. The number of rotatable bonds is 1. The van der Waals surface area contributed by atoms with Crippen LogP contribution in [-0.4, -0.2) is 30.9 Å². The van der Waals surface area contributed by atoms with E-state index in [2.05, 4.69) is 11.1 Å². The van der Waals surface area contributed by atoms with Crippen molar-refractivity contribution in [2.24, 2.45) is 5.73 Å². The molecule has 0 amide bonds. The molecule has 0 radical (unpaired) electrons. The van der Waals surface area contributed by atoms with E-state index in [0.717, 1.165) is 18.5 Å². The standard InChI is InChI=1S/C13H18N2O2S/c14-12-5-10-7-13(15-8-11(10)6-12)9-1-3-18(16,17)4-2-9/h7-9,12H,1-6,14H2. The van der Waals surface area contributed by atoms with Gasteiger partial charge in [0.15, 0.2) is 0 Å². The van der Waals surface area contributed by atoms with Gasteiger partial charge in [-0.05, 0) is 42.9 Å². The monoisotopic (exact) mass is 266 g/mol. The molecule has 1 aromatic heterocycles. The fourth-order valence-electron chi connectivity index (χ4n) is 2.96. The Morgan fingerprint density at radius 2 is 1.83 bits per heavy atom. The number of fused-ring (bicyclic) bond motifs is 1. The molecule has 1 unspecified atom stereocenters. The highest BCUT2D eigenvalue weighted by molar-refractivity contribution is 7.91. The Bertz CT molecular complexity index is 554. The van der Waals surface area contributed by atoms with Gasteiger partial charge in [-0.1, -0.05) is 0 Å². The predicted molar refractivity (Wildman–Crippen MR) is 70.2 cm³/mol. The second kappa shape index (κ2) is 4.31. The number of hydrogen-bond acceptors (Lipinski definition) is 4. The van der Waals surface area contributed by atoms with Crippen LogP contribution in [0.1, 0.15) is 35.6 Å². The Hall–Kier alpha value is -0.940.